The zero-order chi connectivity index (χ0) is 9.52. The van der Waals surface area contributed by atoms with Crippen LogP contribution in [0.2, 0.25) is 0 Å². The Labute approximate surface area is 80.7 Å². The molecule has 0 saturated carbocycles. The summed E-state index contributed by atoms with van der Waals surface area (Å²) in [6.45, 7) is 5.50. The van der Waals surface area contributed by atoms with Gasteiger partial charge in [-0.15, -0.1) is 0 Å². The summed E-state index contributed by atoms with van der Waals surface area (Å²) in [6.07, 6.45) is 7.09. The highest BCUT2D eigenvalue weighted by Gasteiger charge is 2.16. The molecule has 74 valence electrons. The van der Waals surface area contributed by atoms with E-state index >= 15 is 0 Å². The second-order valence-corrected chi connectivity index (χ2v) is 3.77. The normalized spacial score (nSPS) is 23.8. The SMILES string of the molecule is CC1CCCCN1CCCNC#N. The van der Waals surface area contributed by atoms with Gasteiger partial charge in [0.05, 0.1) is 0 Å². The first-order valence-corrected chi connectivity index (χ1v) is 5.20. The minimum Gasteiger partial charge on any atom is -0.324 e. The third-order valence-corrected chi connectivity index (χ3v) is 2.77. The molecule has 0 radical (unpaired) electrons. The van der Waals surface area contributed by atoms with Crippen LogP contribution in [0.4, 0.5) is 0 Å². The molecule has 1 aliphatic rings. The van der Waals surface area contributed by atoms with Gasteiger partial charge in [-0.3, -0.25) is 0 Å². The predicted molar refractivity (Wildman–Crippen MR) is 53.1 cm³/mol. The van der Waals surface area contributed by atoms with E-state index in [1.54, 1.807) is 0 Å². The first-order chi connectivity index (χ1) is 6.34. The number of likely N-dealkylation sites (tertiary alicyclic amines) is 1. The van der Waals surface area contributed by atoms with Crippen LogP contribution in [0.5, 0.6) is 0 Å². The van der Waals surface area contributed by atoms with Crippen LogP contribution in [-0.4, -0.2) is 30.6 Å². The van der Waals surface area contributed by atoms with Gasteiger partial charge in [0.15, 0.2) is 6.19 Å². The molecule has 1 unspecified atom stereocenters. The first kappa shape index (κ1) is 10.3. The van der Waals surface area contributed by atoms with Gasteiger partial charge in [0.1, 0.15) is 0 Å². The smallest absolute Gasteiger partial charge is 0.176 e. The summed E-state index contributed by atoms with van der Waals surface area (Å²) in [7, 11) is 0. The lowest BCUT2D eigenvalue weighted by atomic mass is 10.0. The lowest BCUT2D eigenvalue weighted by Crippen LogP contribution is -2.38. The van der Waals surface area contributed by atoms with Gasteiger partial charge in [-0.1, -0.05) is 6.42 Å². The monoisotopic (exact) mass is 181 g/mol. The average Bonchev–Trinajstić information content (AvgIpc) is 2.15. The Bertz CT molecular complexity index is 173. The van der Waals surface area contributed by atoms with Crippen molar-refractivity contribution in [3.8, 4) is 6.19 Å². The van der Waals surface area contributed by atoms with Crippen LogP contribution in [0.25, 0.3) is 0 Å². The van der Waals surface area contributed by atoms with Crippen molar-refractivity contribution in [3.63, 3.8) is 0 Å². The summed E-state index contributed by atoms with van der Waals surface area (Å²) >= 11 is 0. The highest BCUT2D eigenvalue weighted by molar-refractivity contribution is 4.73. The lowest BCUT2D eigenvalue weighted by Gasteiger charge is -2.33. The van der Waals surface area contributed by atoms with E-state index < -0.39 is 0 Å². The predicted octanol–water partition coefficient (Wildman–Crippen LogP) is 1.32. The van der Waals surface area contributed by atoms with Crippen LogP contribution in [0.15, 0.2) is 0 Å². The quantitative estimate of drug-likeness (QED) is 0.404. The van der Waals surface area contributed by atoms with Gasteiger partial charge >= 0.3 is 0 Å². The van der Waals surface area contributed by atoms with E-state index in [1.807, 2.05) is 6.19 Å². The zero-order valence-corrected chi connectivity index (χ0v) is 8.42. The Hall–Kier alpha value is -0.750. The van der Waals surface area contributed by atoms with Crippen molar-refractivity contribution in [1.29, 1.82) is 5.26 Å². The van der Waals surface area contributed by atoms with Crippen molar-refractivity contribution < 1.29 is 0 Å². The molecule has 3 nitrogen and oxygen atoms in total. The molecule has 13 heavy (non-hydrogen) atoms. The van der Waals surface area contributed by atoms with Crippen molar-refractivity contribution >= 4 is 0 Å². The van der Waals surface area contributed by atoms with Crippen LogP contribution in [0.1, 0.15) is 32.6 Å². The number of nitrogens with one attached hydrogen (secondary N) is 1. The fourth-order valence-electron chi connectivity index (χ4n) is 1.92. The Kier molecular flexibility index (Phi) is 4.63. The van der Waals surface area contributed by atoms with Gasteiger partial charge in [0.25, 0.3) is 0 Å². The molecule has 0 aliphatic carbocycles. The van der Waals surface area contributed by atoms with Gasteiger partial charge < -0.3 is 10.2 Å². The Morgan fingerprint density at radius 2 is 2.38 bits per heavy atom. The molecule has 0 spiro atoms. The van der Waals surface area contributed by atoms with E-state index in [9.17, 15) is 0 Å². The maximum atomic E-state index is 8.28. The van der Waals surface area contributed by atoms with E-state index in [4.69, 9.17) is 5.26 Å². The summed E-state index contributed by atoms with van der Waals surface area (Å²) in [5, 5.41) is 11.0. The number of hydrogen-bond acceptors (Lipinski definition) is 3. The Morgan fingerprint density at radius 3 is 3.08 bits per heavy atom. The average molecular weight is 181 g/mol. The standard InChI is InChI=1S/C10H19N3/c1-10-5-2-3-7-13(10)8-4-6-12-9-11/h10,12H,2-8H2,1H3. The maximum Gasteiger partial charge on any atom is 0.176 e. The minimum atomic E-state index is 0.746. The van der Waals surface area contributed by atoms with Crippen molar-refractivity contribution in [3.05, 3.63) is 0 Å². The molecule has 1 saturated heterocycles. The number of piperidine rings is 1. The molecule has 1 aliphatic heterocycles. The van der Waals surface area contributed by atoms with E-state index in [2.05, 4.69) is 17.1 Å². The molecular weight excluding hydrogens is 162 g/mol. The summed E-state index contributed by atoms with van der Waals surface area (Å²) in [5.74, 6) is 0. The van der Waals surface area contributed by atoms with E-state index in [0.717, 1.165) is 25.6 Å². The number of nitriles is 1. The van der Waals surface area contributed by atoms with Gasteiger partial charge in [-0.05, 0) is 32.7 Å². The summed E-state index contributed by atoms with van der Waals surface area (Å²) < 4.78 is 0. The second-order valence-electron chi connectivity index (χ2n) is 3.77. The summed E-state index contributed by atoms with van der Waals surface area (Å²) in [4.78, 5) is 2.53. The second kappa shape index (κ2) is 5.82. The summed E-state index contributed by atoms with van der Waals surface area (Å²) in [5.41, 5.74) is 0. The molecule has 1 fully saturated rings. The Balaban J connectivity index is 2.09. The molecule has 0 bridgehead atoms. The fraction of sp³-hybridized carbons (Fsp3) is 0.900. The van der Waals surface area contributed by atoms with Gasteiger partial charge in [0.2, 0.25) is 0 Å². The molecule has 0 aromatic carbocycles. The third kappa shape index (κ3) is 3.65. The first-order valence-electron chi connectivity index (χ1n) is 5.20. The molecule has 0 amide bonds. The number of nitrogens with zero attached hydrogens (tertiary/aromatic N) is 2. The lowest BCUT2D eigenvalue weighted by molar-refractivity contribution is 0.159. The highest BCUT2D eigenvalue weighted by atomic mass is 15.2. The van der Waals surface area contributed by atoms with Gasteiger partial charge in [-0.2, -0.15) is 5.26 Å². The Morgan fingerprint density at radius 1 is 1.54 bits per heavy atom. The zero-order valence-electron chi connectivity index (χ0n) is 8.42. The van der Waals surface area contributed by atoms with Crippen molar-refractivity contribution in [2.24, 2.45) is 0 Å². The molecule has 1 atom stereocenters. The van der Waals surface area contributed by atoms with E-state index in [0.29, 0.717) is 0 Å². The molecule has 0 aromatic heterocycles. The molecule has 3 heteroatoms. The number of rotatable bonds is 4. The summed E-state index contributed by atoms with van der Waals surface area (Å²) in [6, 6.07) is 0.746. The minimum absolute atomic E-state index is 0.746. The van der Waals surface area contributed by atoms with Gasteiger partial charge in [-0.25, -0.2) is 0 Å². The molecule has 1 heterocycles. The largest absolute Gasteiger partial charge is 0.324 e. The van der Waals surface area contributed by atoms with Crippen molar-refractivity contribution in [2.45, 2.75) is 38.6 Å². The van der Waals surface area contributed by atoms with E-state index in [1.165, 1.54) is 25.8 Å². The maximum absolute atomic E-state index is 8.28. The molecular formula is C10H19N3. The topological polar surface area (TPSA) is 39.1 Å². The molecule has 0 aromatic rings. The fourth-order valence-corrected chi connectivity index (χ4v) is 1.92. The number of hydrogen-bond donors (Lipinski definition) is 1. The van der Waals surface area contributed by atoms with Gasteiger partial charge in [0, 0.05) is 19.1 Å². The van der Waals surface area contributed by atoms with Crippen LogP contribution in [0, 0.1) is 11.5 Å². The molecule has 1 N–H and O–H groups in total. The van der Waals surface area contributed by atoms with Crippen LogP contribution in [-0.2, 0) is 0 Å². The van der Waals surface area contributed by atoms with Crippen LogP contribution >= 0.6 is 0 Å². The van der Waals surface area contributed by atoms with E-state index in [-0.39, 0.29) is 0 Å². The van der Waals surface area contributed by atoms with Crippen molar-refractivity contribution in [1.82, 2.24) is 10.2 Å². The van der Waals surface area contributed by atoms with Crippen molar-refractivity contribution in [2.75, 3.05) is 19.6 Å². The van der Waals surface area contributed by atoms with Crippen LogP contribution in [0.3, 0.4) is 0 Å². The van der Waals surface area contributed by atoms with Crippen LogP contribution < -0.4 is 5.32 Å². The highest BCUT2D eigenvalue weighted by Crippen LogP contribution is 2.15. The third-order valence-electron chi connectivity index (χ3n) is 2.77. The molecule has 1 rings (SSSR count).